The summed E-state index contributed by atoms with van der Waals surface area (Å²) in [7, 11) is 0. The summed E-state index contributed by atoms with van der Waals surface area (Å²) in [4.78, 5) is 4.51. The molecule has 13 heavy (non-hydrogen) atoms. The molecule has 0 unspecified atom stereocenters. The van der Waals surface area contributed by atoms with Crippen LogP contribution < -0.4 is 5.32 Å². The molecule has 0 amide bonds. The highest BCUT2D eigenvalue weighted by molar-refractivity contribution is 7.97. The van der Waals surface area contributed by atoms with Gasteiger partial charge in [-0.25, -0.2) is 4.98 Å². The van der Waals surface area contributed by atoms with Gasteiger partial charge < -0.3 is 5.32 Å². The Morgan fingerprint density at radius 3 is 3.15 bits per heavy atom. The van der Waals surface area contributed by atoms with Gasteiger partial charge in [-0.1, -0.05) is 6.92 Å². The number of hydrogen-bond donors (Lipinski definition) is 1. The lowest BCUT2D eigenvalue weighted by molar-refractivity contribution is 0.666. The molecule has 1 aromatic heterocycles. The Morgan fingerprint density at radius 2 is 2.46 bits per heavy atom. The van der Waals surface area contributed by atoms with Gasteiger partial charge in [-0.3, -0.25) is 0 Å². The first-order chi connectivity index (χ1) is 6.36. The molecule has 0 spiro atoms. The van der Waals surface area contributed by atoms with Crippen LogP contribution in [0.1, 0.15) is 24.0 Å². The van der Waals surface area contributed by atoms with Crippen molar-refractivity contribution in [3.63, 3.8) is 0 Å². The fourth-order valence-corrected chi connectivity index (χ4v) is 2.53. The Bertz CT molecular complexity index is 235. The Kier molecular flexibility index (Phi) is 5.43. The van der Waals surface area contributed by atoms with Gasteiger partial charge in [0, 0.05) is 17.7 Å². The molecular formula is C9H16N2S2. The molecule has 0 atom stereocenters. The van der Waals surface area contributed by atoms with Crippen LogP contribution in [-0.2, 0) is 12.3 Å². The van der Waals surface area contributed by atoms with Gasteiger partial charge in [-0.05, 0) is 19.2 Å². The smallest absolute Gasteiger partial charge is 0.103 e. The van der Waals surface area contributed by atoms with E-state index in [0.717, 1.165) is 18.8 Å². The molecule has 1 N–H and O–H groups in total. The molecule has 0 saturated carbocycles. The van der Waals surface area contributed by atoms with Gasteiger partial charge in [0.25, 0.3) is 0 Å². The van der Waals surface area contributed by atoms with Crippen LogP contribution in [0.3, 0.4) is 0 Å². The largest absolute Gasteiger partial charge is 0.311 e. The summed E-state index contributed by atoms with van der Waals surface area (Å²) in [6, 6.07) is 0. The van der Waals surface area contributed by atoms with Crippen LogP contribution in [0.2, 0.25) is 0 Å². The summed E-state index contributed by atoms with van der Waals surface area (Å²) in [5.41, 5.74) is 1.18. The van der Waals surface area contributed by atoms with Gasteiger partial charge in [0.15, 0.2) is 0 Å². The van der Waals surface area contributed by atoms with Gasteiger partial charge in [-0.2, -0.15) is 11.8 Å². The zero-order valence-corrected chi connectivity index (χ0v) is 9.80. The third-order valence-corrected chi connectivity index (χ3v) is 3.24. The van der Waals surface area contributed by atoms with E-state index in [-0.39, 0.29) is 0 Å². The zero-order chi connectivity index (χ0) is 9.52. The fraction of sp³-hybridized carbons (Fsp3) is 0.667. The Balaban J connectivity index is 2.31. The number of aromatic nitrogens is 1. The molecule has 1 heterocycles. The van der Waals surface area contributed by atoms with Crippen LogP contribution in [0.4, 0.5) is 0 Å². The second kappa shape index (κ2) is 6.40. The minimum absolute atomic E-state index is 0.915. The molecule has 0 aliphatic heterocycles. The first-order valence-electron chi connectivity index (χ1n) is 4.49. The maximum Gasteiger partial charge on any atom is 0.103 e. The van der Waals surface area contributed by atoms with Crippen molar-refractivity contribution in [3.05, 3.63) is 16.1 Å². The molecule has 0 aliphatic carbocycles. The Labute approximate surface area is 88.2 Å². The van der Waals surface area contributed by atoms with Crippen LogP contribution >= 0.6 is 23.1 Å². The molecule has 1 rings (SSSR count). The SMILES string of the molecule is CCCNCc1csc(CSC)n1. The molecule has 1 aromatic rings. The van der Waals surface area contributed by atoms with E-state index in [1.165, 1.54) is 17.1 Å². The highest BCUT2D eigenvalue weighted by Gasteiger charge is 1.99. The Hall–Kier alpha value is -0.0600. The van der Waals surface area contributed by atoms with Crippen molar-refractivity contribution < 1.29 is 0 Å². The standard InChI is InChI=1S/C9H16N2S2/c1-3-4-10-5-8-6-13-9(11-8)7-12-2/h6,10H,3-5,7H2,1-2H3. The maximum absolute atomic E-state index is 4.51. The van der Waals surface area contributed by atoms with Crippen LogP contribution in [0.15, 0.2) is 5.38 Å². The minimum atomic E-state index is 0.915. The lowest BCUT2D eigenvalue weighted by Crippen LogP contribution is -2.13. The maximum atomic E-state index is 4.51. The summed E-state index contributed by atoms with van der Waals surface area (Å²) in [6.45, 7) is 4.17. The Morgan fingerprint density at radius 1 is 1.62 bits per heavy atom. The number of nitrogens with one attached hydrogen (secondary N) is 1. The third kappa shape index (κ3) is 4.11. The topological polar surface area (TPSA) is 24.9 Å². The van der Waals surface area contributed by atoms with Crippen molar-refractivity contribution in [2.45, 2.75) is 25.6 Å². The van der Waals surface area contributed by atoms with Gasteiger partial charge in [0.2, 0.25) is 0 Å². The number of rotatable bonds is 6. The van der Waals surface area contributed by atoms with Crippen LogP contribution in [0.25, 0.3) is 0 Å². The second-order valence-electron chi connectivity index (χ2n) is 2.84. The number of hydrogen-bond acceptors (Lipinski definition) is 4. The average Bonchev–Trinajstić information content (AvgIpc) is 2.54. The van der Waals surface area contributed by atoms with E-state index in [1.807, 2.05) is 11.8 Å². The molecule has 0 saturated heterocycles. The van der Waals surface area contributed by atoms with Crippen molar-refractivity contribution in [1.82, 2.24) is 10.3 Å². The first kappa shape index (κ1) is 11.0. The predicted molar refractivity (Wildman–Crippen MR) is 61.3 cm³/mol. The van der Waals surface area contributed by atoms with Crippen molar-refractivity contribution in [2.75, 3.05) is 12.8 Å². The van der Waals surface area contributed by atoms with E-state index in [4.69, 9.17) is 0 Å². The molecule has 4 heteroatoms. The van der Waals surface area contributed by atoms with Gasteiger partial charge in [0.05, 0.1) is 5.69 Å². The second-order valence-corrected chi connectivity index (χ2v) is 4.65. The normalized spacial score (nSPS) is 10.6. The first-order valence-corrected chi connectivity index (χ1v) is 6.77. The number of nitrogens with zero attached hydrogens (tertiary/aromatic N) is 1. The minimum Gasteiger partial charge on any atom is -0.311 e. The van der Waals surface area contributed by atoms with Crippen molar-refractivity contribution >= 4 is 23.1 Å². The third-order valence-electron chi connectivity index (χ3n) is 1.60. The van der Waals surface area contributed by atoms with E-state index in [1.54, 1.807) is 11.3 Å². The van der Waals surface area contributed by atoms with E-state index < -0.39 is 0 Å². The van der Waals surface area contributed by atoms with Gasteiger partial charge in [-0.15, -0.1) is 11.3 Å². The van der Waals surface area contributed by atoms with Crippen molar-refractivity contribution in [1.29, 1.82) is 0 Å². The van der Waals surface area contributed by atoms with Crippen LogP contribution in [0.5, 0.6) is 0 Å². The lowest BCUT2D eigenvalue weighted by Gasteiger charge is -1.97. The summed E-state index contributed by atoms with van der Waals surface area (Å²) < 4.78 is 0. The van der Waals surface area contributed by atoms with Crippen LogP contribution in [-0.4, -0.2) is 17.8 Å². The van der Waals surface area contributed by atoms with Gasteiger partial charge in [0.1, 0.15) is 5.01 Å². The van der Waals surface area contributed by atoms with Crippen molar-refractivity contribution in [3.8, 4) is 0 Å². The summed E-state index contributed by atoms with van der Waals surface area (Å²) in [5.74, 6) is 1.04. The van der Waals surface area contributed by atoms with E-state index in [2.05, 4.69) is 28.9 Å². The molecule has 0 aliphatic rings. The molecule has 2 nitrogen and oxygen atoms in total. The number of thiazole rings is 1. The molecule has 74 valence electrons. The molecule has 0 radical (unpaired) electrons. The monoisotopic (exact) mass is 216 g/mol. The predicted octanol–water partition coefficient (Wildman–Crippen LogP) is 2.51. The fourth-order valence-electron chi connectivity index (χ4n) is 1.01. The summed E-state index contributed by atoms with van der Waals surface area (Å²) >= 11 is 3.58. The molecule has 0 bridgehead atoms. The molecule has 0 aromatic carbocycles. The van der Waals surface area contributed by atoms with E-state index in [9.17, 15) is 0 Å². The highest BCUT2D eigenvalue weighted by Crippen LogP contribution is 2.14. The summed E-state index contributed by atoms with van der Waals surface area (Å²) in [5, 5.41) is 6.73. The number of thioether (sulfide) groups is 1. The summed E-state index contributed by atoms with van der Waals surface area (Å²) in [6.07, 6.45) is 3.29. The lowest BCUT2D eigenvalue weighted by atomic mass is 10.4. The van der Waals surface area contributed by atoms with E-state index >= 15 is 0 Å². The molecule has 0 fully saturated rings. The van der Waals surface area contributed by atoms with E-state index in [0.29, 0.717) is 0 Å². The molecular weight excluding hydrogens is 200 g/mol. The van der Waals surface area contributed by atoms with Gasteiger partial charge >= 0.3 is 0 Å². The van der Waals surface area contributed by atoms with Crippen molar-refractivity contribution in [2.24, 2.45) is 0 Å². The zero-order valence-electron chi connectivity index (χ0n) is 8.17. The van der Waals surface area contributed by atoms with Crippen LogP contribution in [0, 0.1) is 0 Å². The quantitative estimate of drug-likeness (QED) is 0.740. The highest BCUT2D eigenvalue weighted by atomic mass is 32.2. The average molecular weight is 216 g/mol.